The van der Waals surface area contributed by atoms with Gasteiger partial charge in [0.05, 0.1) is 0 Å². The number of hydrogen-bond donors (Lipinski definition) is 2. The van der Waals surface area contributed by atoms with Gasteiger partial charge in [-0.15, -0.1) is 12.4 Å². The second-order valence-corrected chi connectivity index (χ2v) is 5.21. The van der Waals surface area contributed by atoms with Gasteiger partial charge in [-0.2, -0.15) is 0 Å². The summed E-state index contributed by atoms with van der Waals surface area (Å²) in [6.45, 7) is 1.84. The van der Waals surface area contributed by atoms with Crippen LogP contribution in [0.25, 0.3) is 0 Å². The van der Waals surface area contributed by atoms with Crippen LogP contribution in [-0.2, 0) is 11.2 Å². The average molecular weight is 319 g/mol. The summed E-state index contributed by atoms with van der Waals surface area (Å²) < 4.78 is 25.8. The van der Waals surface area contributed by atoms with Crippen molar-refractivity contribution in [3.63, 3.8) is 0 Å². The summed E-state index contributed by atoms with van der Waals surface area (Å²) in [4.78, 5) is 11.7. The largest absolute Gasteiger partial charge is 0.352 e. The van der Waals surface area contributed by atoms with E-state index in [1.54, 1.807) is 6.07 Å². The predicted molar refractivity (Wildman–Crippen MR) is 80.6 cm³/mol. The number of carbonyl (C=O) groups is 1. The summed E-state index contributed by atoms with van der Waals surface area (Å²) >= 11 is 0. The molecule has 1 aliphatic rings. The highest BCUT2D eigenvalue weighted by Gasteiger charge is 2.14. The molecule has 118 valence electrons. The molecule has 1 heterocycles. The van der Waals surface area contributed by atoms with Crippen LogP contribution in [0.1, 0.15) is 31.2 Å². The van der Waals surface area contributed by atoms with Crippen molar-refractivity contribution >= 4 is 18.3 Å². The van der Waals surface area contributed by atoms with E-state index in [1.165, 1.54) is 6.07 Å². The fourth-order valence-corrected chi connectivity index (χ4v) is 2.42. The first-order chi connectivity index (χ1) is 9.65. The van der Waals surface area contributed by atoms with Crippen LogP contribution in [0.4, 0.5) is 8.78 Å². The monoisotopic (exact) mass is 318 g/mol. The van der Waals surface area contributed by atoms with Crippen molar-refractivity contribution in [2.75, 3.05) is 13.1 Å². The van der Waals surface area contributed by atoms with Gasteiger partial charge < -0.3 is 10.6 Å². The fourth-order valence-electron chi connectivity index (χ4n) is 2.42. The SMILES string of the molecule is Cl.O=C(CCCc1ccc(F)c(F)c1)NC1CCCNC1. The number of hydrogen-bond acceptors (Lipinski definition) is 2. The molecule has 3 nitrogen and oxygen atoms in total. The molecule has 2 rings (SSSR count). The van der Waals surface area contributed by atoms with Gasteiger partial charge in [0.2, 0.25) is 5.91 Å². The zero-order valence-corrected chi connectivity index (χ0v) is 12.6. The van der Waals surface area contributed by atoms with Crippen LogP contribution in [0.2, 0.25) is 0 Å². The Kier molecular flexibility index (Phi) is 7.61. The van der Waals surface area contributed by atoms with E-state index in [0.29, 0.717) is 19.3 Å². The van der Waals surface area contributed by atoms with Crippen LogP contribution in [-0.4, -0.2) is 25.0 Å². The molecule has 0 spiro atoms. The Morgan fingerprint density at radius 3 is 2.81 bits per heavy atom. The van der Waals surface area contributed by atoms with E-state index in [2.05, 4.69) is 10.6 Å². The Morgan fingerprint density at radius 1 is 1.33 bits per heavy atom. The zero-order valence-electron chi connectivity index (χ0n) is 11.8. The van der Waals surface area contributed by atoms with Gasteiger partial charge in [0.25, 0.3) is 0 Å². The van der Waals surface area contributed by atoms with Gasteiger partial charge in [-0.05, 0) is 49.9 Å². The molecule has 1 aliphatic heterocycles. The molecule has 1 saturated heterocycles. The van der Waals surface area contributed by atoms with Crippen LogP contribution < -0.4 is 10.6 Å². The van der Waals surface area contributed by atoms with Crippen molar-refractivity contribution in [1.82, 2.24) is 10.6 Å². The number of nitrogens with one attached hydrogen (secondary N) is 2. The Morgan fingerprint density at radius 2 is 2.14 bits per heavy atom. The molecular formula is C15H21ClF2N2O. The number of piperidine rings is 1. The molecule has 0 aromatic heterocycles. The Balaban J connectivity index is 0.00000220. The van der Waals surface area contributed by atoms with E-state index in [0.717, 1.165) is 37.6 Å². The van der Waals surface area contributed by atoms with E-state index in [4.69, 9.17) is 0 Å². The Hall–Kier alpha value is -1.20. The lowest BCUT2D eigenvalue weighted by molar-refractivity contribution is -0.122. The summed E-state index contributed by atoms with van der Waals surface area (Å²) in [5, 5.41) is 6.23. The average Bonchev–Trinajstić information content (AvgIpc) is 2.44. The predicted octanol–water partition coefficient (Wildman–Crippen LogP) is 2.58. The maximum absolute atomic E-state index is 13.0. The highest BCUT2D eigenvalue weighted by Crippen LogP contribution is 2.11. The van der Waals surface area contributed by atoms with Gasteiger partial charge in [0.15, 0.2) is 11.6 Å². The number of halogens is 3. The van der Waals surface area contributed by atoms with E-state index in [9.17, 15) is 13.6 Å². The highest BCUT2D eigenvalue weighted by molar-refractivity contribution is 5.85. The van der Waals surface area contributed by atoms with Crippen molar-refractivity contribution in [2.24, 2.45) is 0 Å². The number of amides is 1. The summed E-state index contributed by atoms with van der Waals surface area (Å²) in [6, 6.07) is 4.09. The second-order valence-electron chi connectivity index (χ2n) is 5.21. The minimum absolute atomic E-state index is 0. The van der Waals surface area contributed by atoms with Crippen molar-refractivity contribution < 1.29 is 13.6 Å². The molecule has 21 heavy (non-hydrogen) atoms. The molecule has 1 unspecified atom stereocenters. The summed E-state index contributed by atoms with van der Waals surface area (Å²) in [6.07, 6.45) is 3.72. The van der Waals surface area contributed by atoms with Gasteiger partial charge in [0, 0.05) is 19.0 Å². The van der Waals surface area contributed by atoms with Crippen LogP contribution in [0.15, 0.2) is 18.2 Å². The summed E-state index contributed by atoms with van der Waals surface area (Å²) in [7, 11) is 0. The van der Waals surface area contributed by atoms with Gasteiger partial charge in [-0.3, -0.25) is 4.79 Å². The molecule has 1 aromatic rings. The van der Waals surface area contributed by atoms with Gasteiger partial charge in [0.1, 0.15) is 0 Å². The number of carbonyl (C=O) groups excluding carboxylic acids is 1. The van der Waals surface area contributed by atoms with Crippen LogP contribution >= 0.6 is 12.4 Å². The molecular weight excluding hydrogens is 298 g/mol. The maximum Gasteiger partial charge on any atom is 0.220 e. The molecule has 0 radical (unpaired) electrons. The van der Waals surface area contributed by atoms with E-state index in [-0.39, 0.29) is 24.4 Å². The first kappa shape index (κ1) is 17.9. The minimum atomic E-state index is -0.837. The lowest BCUT2D eigenvalue weighted by Crippen LogP contribution is -2.45. The molecule has 0 aliphatic carbocycles. The van der Waals surface area contributed by atoms with E-state index >= 15 is 0 Å². The van der Waals surface area contributed by atoms with Crippen molar-refractivity contribution in [1.29, 1.82) is 0 Å². The smallest absolute Gasteiger partial charge is 0.220 e. The van der Waals surface area contributed by atoms with Gasteiger partial charge >= 0.3 is 0 Å². The molecule has 0 bridgehead atoms. The van der Waals surface area contributed by atoms with Crippen LogP contribution in [0, 0.1) is 11.6 Å². The van der Waals surface area contributed by atoms with Crippen molar-refractivity contribution in [3.8, 4) is 0 Å². The molecule has 1 amide bonds. The quantitative estimate of drug-likeness (QED) is 0.876. The summed E-state index contributed by atoms with van der Waals surface area (Å²) in [5.41, 5.74) is 0.719. The standard InChI is InChI=1S/C15H20F2N2O.ClH/c16-13-7-6-11(9-14(13)17)3-1-5-15(20)19-12-4-2-8-18-10-12;/h6-7,9,12,18H,1-5,8,10H2,(H,19,20);1H. The fraction of sp³-hybridized carbons (Fsp3) is 0.533. The lowest BCUT2D eigenvalue weighted by atomic mass is 10.1. The normalized spacial score (nSPS) is 17.9. The van der Waals surface area contributed by atoms with Crippen molar-refractivity contribution in [2.45, 2.75) is 38.1 Å². The number of benzene rings is 1. The van der Waals surface area contributed by atoms with E-state index in [1.807, 2.05) is 0 Å². The van der Waals surface area contributed by atoms with Crippen LogP contribution in [0.3, 0.4) is 0 Å². The third kappa shape index (κ3) is 5.98. The third-order valence-electron chi connectivity index (χ3n) is 3.52. The Labute approximate surface area is 129 Å². The molecule has 1 atom stereocenters. The van der Waals surface area contributed by atoms with Crippen LogP contribution in [0.5, 0.6) is 0 Å². The molecule has 2 N–H and O–H groups in total. The first-order valence-corrected chi connectivity index (χ1v) is 7.09. The second kappa shape index (κ2) is 8.95. The summed E-state index contributed by atoms with van der Waals surface area (Å²) in [5.74, 6) is -1.64. The number of rotatable bonds is 5. The molecule has 1 aromatic carbocycles. The molecule has 6 heteroatoms. The van der Waals surface area contributed by atoms with E-state index < -0.39 is 11.6 Å². The molecule has 1 fully saturated rings. The third-order valence-corrected chi connectivity index (χ3v) is 3.52. The highest BCUT2D eigenvalue weighted by atomic mass is 35.5. The maximum atomic E-state index is 13.0. The minimum Gasteiger partial charge on any atom is -0.352 e. The zero-order chi connectivity index (χ0) is 14.4. The molecule has 0 saturated carbocycles. The van der Waals surface area contributed by atoms with Gasteiger partial charge in [-0.1, -0.05) is 6.07 Å². The first-order valence-electron chi connectivity index (χ1n) is 7.09. The Bertz CT molecular complexity index is 465. The van der Waals surface area contributed by atoms with Gasteiger partial charge in [-0.25, -0.2) is 8.78 Å². The number of aryl methyl sites for hydroxylation is 1. The lowest BCUT2D eigenvalue weighted by Gasteiger charge is -2.23. The topological polar surface area (TPSA) is 41.1 Å². The van der Waals surface area contributed by atoms with Crippen molar-refractivity contribution in [3.05, 3.63) is 35.4 Å².